The fraction of sp³-hybridized carbons (Fsp3) is 0.0714. The Morgan fingerprint density at radius 1 is 0.431 bits per heavy atom. The molecule has 0 saturated carbocycles. The summed E-state index contributed by atoms with van der Waals surface area (Å²) in [6, 6.07) is 68.5. The van der Waals surface area contributed by atoms with Crippen LogP contribution in [0.1, 0.15) is 33.4 Å². The quantitative estimate of drug-likeness (QED) is 0.123. The maximum Gasteiger partial charge on any atom is 4.00 e. The fourth-order valence-electron chi connectivity index (χ4n) is 7.52. The molecule has 10 aromatic carbocycles. The molecule has 0 atom stereocenters. The van der Waals surface area contributed by atoms with E-state index >= 15 is 0 Å². The van der Waals surface area contributed by atoms with Crippen molar-refractivity contribution in [1.29, 1.82) is 0 Å². The Kier molecular flexibility index (Phi) is 14.2. The summed E-state index contributed by atoms with van der Waals surface area (Å²) in [6.07, 6.45) is 0. The standard InChI is InChI=1S/2C20H15.C9H9Si.C7H7.Zr/c2*1-14-12-16-8-5-11-19(20(16)13-14)18-10-4-7-15-6-2-3-9-17(15)18;1-7-4-3-5-9(6-10)8(7)2;1-7-5-3-2-4-6-7;/h2*2-13H,1H3;3-5H,1-2H3;2-6H,1H2;/q4*-1;+4. The maximum absolute atomic E-state index is 3.72. The number of aryl methyl sites for hydroxylation is 3. The molecule has 0 N–H and O–H groups in total. The minimum atomic E-state index is 0. The van der Waals surface area contributed by atoms with Crippen molar-refractivity contribution in [3.05, 3.63) is 234 Å². The summed E-state index contributed by atoms with van der Waals surface area (Å²) in [7, 11) is 3.24. The molecule has 58 heavy (non-hydrogen) atoms. The molecule has 2 radical (unpaired) electrons. The van der Waals surface area contributed by atoms with Crippen molar-refractivity contribution < 1.29 is 26.2 Å². The van der Waals surface area contributed by atoms with Gasteiger partial charge in [-0.2, -0.15) is 54.1 Å². The molecule has 0 aromatic heterocycles. The van der Waals surface area contributed by atoms with Crippen molar-refractivity contribution in [2.24, 2.45) is 0 Å². The first-order chi connectivity index (χ1) is 27.8. The van der Waals surface area contributed by atoms with Crippen LogP contribution in [0.2, 0.25) is 0 Å². The van der Waals surface area contributed by atoms with E-state index in [2.05, 4.69) is 202 Å². The van der Waals surface area contributed by atoms with Crippen molar-refractivity contribution >= 4 is 58.6 Å². The van der Waals surface area contributed by atoms with E-state index < -0.39 is 0 Å². The zero-order valence-corrected chi connectivity index (χ0v) is 37.1. The van der Waals surface area contributed by atoms with Gasteiger partial charge in [0.15, 0.2) is 0 Å². The first-order valence-electron chi connectivity index (χ1n) is 19.4. The van der Waals surface area contributed by atoms with E-state index in [1.807, 2.05) is 42.5 Å². The molecule has 2 heteroatoms. The average molecular weight is 838 g/mol. The van der Waals surface area contributed by atoms with E-state index in [0.29, 0.717) is 0 Å². The molecular formula is C56H46SiZr. The van der Waals surface area contributed by atoms with Crippen LogP contribution < -0.4 is 0 Å². The van der Waals surface area contributed by atoms with Gasteiger partial charge in [0.25, 0.3) is 0 Å². The summed E-state index contributed by atoms with van der Waals surface area (Å²) in [4.78, 5) is 0. The SMILES string of the molecule is Cc1cc2c(-c3cccc4ccccc34)cccc2[cH-]1.Cc1cc2c(-c3cccc4ccccc34)cccc2[cH-]1.Cc1cccc([C-]=[Si])c1C.[CH2-]c1ccccc1.[Zr+4]. The average Bonchev–Trinajstić information content (AvgIpc) is 3.83. The first-order valence-corrected chi connectivity index (χ1v) is 19.9. The predicted molar refractivity (Wildman–Crippen MR) is 251 cm³/mol. The Hall–Kier alpha value is -5.66. The van der Waals surface area contributed by atoms with Crippen LogP contribution >= 0.6 is 0 Å². The normalized spacial score (nSPS) is 10.4. The molecule has 0 fully saturated rings. The first kappa shape index (κ1) is 42.0. The molecule has 0 heterocycles. The van der Waals surface area contributed by atoms with E-state index in [-0.39, 0.29) is 26.2 Å². The summed E-state index contributed by atoms with van der Waals surface area (Å²) in [6.45, 7) is 12.2. The smallest absolute Gasteiger partial charge is 0.199 e. The third-order valence-electron chi connectivity index (χ3n) is 10.5. The van der Waals surface area contributed by atoms with E-state index in [1.165, 1.54) is 87.6 Å². The second kappa shape index (κ2) is 19.7. The number of rotatable bonds is 3. The van der Waals surface area contributed by atoms with Crippen LogP contribution in [0.5, 0.6) is 0 Å². The Bertz CT molecular complexity index is 2760. The molecule has 0 unspecified atom stereocenters. The van der Waals surface area contributed by atoms with Gasteiger partial charge in [-0.15, -0.1) is 98.4 Å². The van der Waals surface area contributed by atoms with E-state index in [1.54, 1.807) is 0 Å². The Morgan fingerprint density at radius 3 is 1.26 bits per heavy atom. The van der Waals surface area contributed by atoms with Gasteiger partial charge in [0.1, 0.15) is 0 Å². The third-order valence-corrected chi connectivity index (χ3v) is 10.8. The second-order valence-electron chi connectivity index (χ2n) is 14.6. The molecule has 0 nitrogen and oxygen atoms in total. The van der Waals surface area contributed by atoms with E-state index in [9.17, 15) is 0 Å². The molecule has 0 aliphatic rings. The van der Waals surface area contributed by atoms with Gasteiger partial charge in [-0.3, -0.25) is 0 Å². The zero-order chi connectivity index (χ0) is 39.7. The fourth-order valence-corrected chi connectivity index (χ4v) is 7.79. The molecule has 0 bridgehead atoms. The number of hydrogen-bond donors (Lipinski definition) is 0. The Labute approximate surface area is 366 Å². The van der Waals surface area contributed by atoms with Gasteiger partial charge in [-0.1, -0.05) is 158 Å². The molecule has 10 aromatic rings. The summed E-state index contributed by atoms with van der Waals surface area (Å²) >= 11 is 0. The monoisotopic (exact) mass is 836 g/mol. The molecule has 0 aliphatic heterocycles. The number of fused-ring (bicyclic) bond motifs is 4. The van der Waals surface area contributed by atoms with Crippen molar-refractivity contribution in [2.75, 3.05) is 0 Å². The van der Waals surface area contributed by atoms with Crippen molar-refractivity contribution in [2.45, 2.75) is 27.7 Å². The Morgan fingerprint density at radius 2 is 0.828 bits per heavy atom. The summed E-state index contributed by atoms with van der Waals surface area (Å²) in [5, 5.41) is 10.6. The van der Waals surface area contributed by atoms with Gasteiger partial charge in [0.05, 0.1) is 0 Å². The number of benzene rings is 8. The summed E-state index contributed by atoms with van der Waals surface area (Å²) < 4.78 is 0. The summed E-state index contributed by atoms with van der Waals surface area (Å²) in [5.74, 6) is 0. The van der Waals surface area contributed by atoms with Crippen molar-refractivity contribution in [3.8, 4) is 22.3 Å². The van der Waals surface area contributed by atoms with Crippen LogP contribution in [-0.2, 0) is 26.2 Å². The maximum atomic E-state index is 3.72. The molecule has 278 valence electrons. The van der Waals surface area contributed by atoms with Crippen LogP contribution in [0.25, 0.3) is 65.3 Å². The van der Waals surface area contributed by atoms with Crippen LogP contribution in [0.15, 0.2) is 194 Å². The molecular weight excluding hydrogens is 792 g/mol. The van der Waals surface area contributed by atoms with E-state index in [4.69, 9.17) is 0 Å². The number of hydrogen-bond acceptors (Lipinski definition) is 0. The van der Waals surface area contributed by atoms with E-state index in [0.717, 1.165) is 11.1 Å². The molecule has 0 amide bonds. The second-order valence-corrected chi connectivity index (χ2v) is 14.8. The van der Waals surface area contributed by atoms with Gasteiger partial charge < -0.3 is 0 Å². The third kappa shape index (κ3) is 9.71. The van der Waals surface area contributed by atoms with Gasteiger partial charge in [0.2, 0.25) is 0 Å². The van der Waals surface area contributed by atoms with Gasteiger partial charge in [0, 0.05) is 0 Å². The van der Waals surface area contributed by atoms with Gasteiger partial charge in [-0.25, -0.2) is 0 Å². The minimum Gasteiger partial charge on any atom is -0.199 e. The van der Waals surface area contributed by atoms with Crippen LogP contribution in [0, 0.1) is 34.6 Å². The molecule has 0 aliphatic carbocycles. The van der Waals surface area contributed by atoms with Crippen molar-refractivity contribution in [1.82, 2.24) is 0 Å². The Balaban J connectivity index is 0.000000140. The van der Waals surface area contributed by atoms with Crippen LogP contribution in [0.3, 0.4) is 0 Å². The topological polar surface area (TPSA) is 0 Å². The zero-order valence-electron chi connectivity index (χ0n) is 33.7. The van der Waals surface area contributed by atoms with Gasteiger partial charge in [-0.05, 0) is 32.7 Å². The van der Waals surface area contributed by atoms with Gasteiger partial charge >= 0.3 is 26.2 Å². The predicted octanol–water partition coefficient (Wildman–Crippen LogP) is 14.7. The molecule has 0 saturated heterocycles. The van der Waals surface area contributed by atoms with Crippen LogP contribution in [-0.4, -0.2) is 15.5 Å². The minimum absolute atomic E-state index is 0. The largest absolute Gasteiger partial charge is 4.00 e. The summed E-state index contributed by atoms with van der Waals surface area (Å²) in [5.41, 5.74) is 15.7. The van der Waals surface area contributed by atoms with Crippen LogP contribution in [0.4, 0.5) is 0 Å². The van der Waals surface area contributed by atoms with Crippen molar-refractivity contribution in [3.63, 3.8) is 0 Å². The molecule has 0 spiro atoms. The molecule has 10 rings (SSSR count).